The zero-order valence-corrected chi connectivity index (χ0v) is 17.3. The van der Waals surface area contributed by atoms with E-state index in [1.807, 2.05) is 0 Å². The highest BCUT2D eigenvalue weighted by Gasteiger charge is 2.43. The molecule has 0 bridgehead atoms. The van der Waals surface area contributed by atoms with Crippen LogP contribution in [0.4, 0.5) is 13.2 Å². The summed E-state index contributed by atoms with van der Waals surface area (Å²) >= 11 is 0. The summed E-state index contributed by atoms with van der Waals surface area (Å²) in [6, 6.07) is 2.67. The van der Waals surface area contributed by atoms with Gasteiger partial charge in [-0.15, -0.1) is 0 Å². The van der Waals surface area contributed by atoms with Crippen molar-refractivity contribution in [3.8, 4) is 5.88 Å². The Labute approximate surface area is 154 Å². The molecule has 0 saturated carbocycles. The Balaban J connectivity index is 3.38. The topological polar surface area (TPSA) is 48.4 Å². The van der Waals surface area contributed by atoms with E-state index in [1.165, 1.54) is 7.11 Å². The van der Waals surface area contributed by atoms with Gasteiger partial charge in [0, 0.05) is 12.0 Å². The van der Waals surface area contributed by atoms with Gasteiger partial charge < -0.3 is 14.0 Å². The molecule has 0 radical (unpaired) electrons. The van der Waals surface area contributed by atoms with Crippen LogP contribution < -0.4 is 4.74 Å². The number of carbonyl (C=O) groups excluding carboxylic acids is 1. The van der Waals surface area contributed by atoms with Gasteiger partial charge in [-0.25, -0.2) is 4.98 Å². The molecular formula is C18H28F3NO3Si. The van der Waals surface area contributed by atoms with Crippen LogP contribution in [-0.4, -0.2) is 26.7 Å². The predicted octanol–water partition coefficient (Wildman–Crippen LogP) is 5.15. The summed E-state index contributed by atoms with van der Waals surface area (Å²) in [5.41, 5.74) is -0.391. The van der Waals surface area contributed by atoms with Gasteiger partial charge in [0.05, 0.1) is 13.7 Å². The second-order valence-corrected chi connectivity index (χ2v) is 12.5. The highest BCUT2D eigenvalue weighted by Crippen LogP contribution is 2.43. The smallest absolute Gasteiger partial charge is 0.433 e. The Morgan fingerprint density at radius 2 is 1.77 bits per heavy atom. The normalized spacial score (nSPS) is 13.0. The molecule has 0 aliphatic rings. The first-order valence-corrected chi connectivity index (χ1v) is 11.0. The fourth-order valence-electron chi connectivity index (χ4n) is 3.29. The number of aromatic nitrogens is 1. The number of nitrogens with zero attached hydrogens (tertiary/aromatic N) is 1. The molecule has 0 amide bonds. The van der Waals surface area contributed by atoms with E-state index in [4.69, 9.17) is 9.16 Å². The molecule has 1 rings (SSSR count). The summed E-state index contributed by atoms with van der Waals surface area (Å²) in [5, 5.41) is -0.0642. The van der Waals surface area contributed by atoms with Gasteiger partial charge in [-0.2, -0.15) is 13.2 Å². The molecule has 148 valence electrons. The fraction of sp³-hybridized carbons (Fsp3) is 0.667. The number of ether oxygens (including phenoxy) is 1. The molecule has 0 atom stereocenters. The molecule has 0 unspecified atom stereocenters. The van der Waals surface area contributed by atoms with Crippen molar-refractivity contribution in [2.45, 2.75) is 70.9 Å². The molecule has 0 aliphatic heterocycles. The molecule has 0 spiro atoms. The van der Waals surface area contributed by atoms with Crippen molar-refractivity contribution in [3.63, 3.8) is 0 Å². The van der Waals surface area contributed by atoms with E-state index in [9.17, 15) is 18.0 Å². The van der Waals surface area contributed by atoms with E-state index in [0.29, 0.717) is 17.4 Å². The number of carbonyl (C=O) groups is 1. The van der Waals surface area contributed by atoms with Crippen molar-refractivity contribution in [2.24, 2.45) is 0 Å². The summed E-state index contributed by atoms with van der Waals surface area (Å²) in [4.78, 5) is 14.5. The van der Waals surface area contributed by atoms with Crippen LogP contribution in [-0.2, 0) is 28.4 Å². The first-order chi connectivity index (χ1) is 12.0. The van der Waals surface area contributed by atoms with Gasteiger partial charge in [-0.3, -0.25) is 0 Å². The third-order valence-electron chi connectivity index (χ3n) is 4.96. The maximum absolute atomic E-state index is 13.2. The molecule has 0 aliphatic carbocycles. The minimum absolute atomic E-state index is 0.0102. The Kier molecular flexibility index (Phi) is 7.41. The molecule has 0 N–H and O–H groups in total. The van der Waals surface area contributed by atoms with Gasteiger partial charge in [-0.1, -0.05) is 34.6 Å². The van der Waals surface area contributed by atoms with Gasteiger partial charge in [-0.05, 0) is 28.8 Å². The van der Waals surface area contributed by atoms with Crippen molar-refractivity contribution in [1.82, 2.24) is 4.98 Å². The lowest BCUT2D eigenvalue weighted by atomic mass is 10.1. The number of methoxy groups -OCH3 is 1. The summed E-state index contributed by atoms with van der Waals surface area (Å²) in [5.74, 6) is -0.179. The SMILES string of the molecule is CC[Si](CC)(OCc1cc(C(F)(F)F)nc(OC)c1CC=O)C(C)(C)C. The van der Waals surface area contributed by atoms with Gasteiger partial charge in [0.1, 0.15) is 12.0 Å². The summed E-state index contributed by atoms with van der Waals surface area (Å²) < 4.78 is 50.9. The van der Waals surface area contributed by atoms with Crippen LogP contribution in [0, 0.1) is 0 Å². The third kappa shape index (κ3) is 4.85. The summed E-state index contributed by atoms with van der Waals surface area (Å²) in [6.07, 6.45) is -4.05. The zero-order valence-electron chi connectivity index (χ0n) is 16.3. The van der Waals surface area contributed by atoms with Crippen molar-refractivity contribution < 1.29 is 27.1 Å². The monoisotopic (exact) mass is 391 g/mol. The van der Waals surface area contributed by atoms with Gasteiger partial charge in [0.15, 0.2) is 8.32 Å². The molecule has 4 nitrogen and oxygen atoms in total. The van der Waals surface area contributed by atoms with Crippen LogP contribution in [0.15, 0.2) is 6.07 Å². The molecule has 0 aromatic carbocycles. The largest absolute Gasteiger partial charge is 0.481 e. The maximum Gasteiger partial charge on any atom is 0.433 e. The highest BCUT2D eigenvalue weighted by molar-refractivity contribution is 6.76. The molecule has 0 fully saturated rings. The Bertz CT molecular complexity index is 623. The predicted molar refractivity (Wildman–Crippen MR) is 96.8 cm³/mol. The standard InChI is InChI=1S/C18H28F3NO3Si/c1-7-26(8-2,17(3,4)5)25-12-13-11-15(18(19,20)21)22-16(24-6)14(13)9-10-23/h10-11H,7-9,12H2,1-6H3. The van der Waals surface area contributed by atoms with E-state index in [0.717, 1.165) is 18.2 Å². The minimum atomic E-state index is -4.60. The van der Waals surface area contributed by atoms with E-state index in [-0.39, 0.29) is 23.9 Å². The van der Waals surface area contributed by atoms with Crippen LogP contribution in [0.1, 0.15) is 51.4 Å². The zero-order chi connectivity index (χ0) is 20.2. The fourth-order valence-corrected chi connectivity index (χ4v) is 7.18. The number of halogens is 3. The van der Waals surface area contributed by atoms with E-state index < -0.39 is 20.2 Å². The quantitative estimate of drug-likeness (QED) is 0.454. The van der Waals surface area contributed by atoms with Crippen LogP contribution in [0.25, 0.3) is 0 Å². The number of alkyl halides is 3. The second-order valence-electron chi connectivity index (χ2n) is 7.26. The van der Waals surface area contributed by atoms with Crippen molar-refractivity contribution >= 4 is 14.6 Å². The molecule has 1 heterocycles. The number of rotatable bonds is 8. The maximum atomic E-state index is 13.2. The Hall–Kier alpha value is -1.41. The highest BCUT2D eigenvalue weighted by atomic mass is 28.4. The first-order valence-electron chi connectivity index (χ1n) is 8.67. The summed E-state index contributed by atoms with van der Waals surface area (Å²) in [6.45, 7) is 10.4. The van der Waals surface area contributed by atoms with Gasteiger partial charge >= 0.3 is 6.18 Å². The van der Waals surface area contributed by atoms with E-state index in [1.54, 1.807) is 0 Å². The molecule has 1 aromatic rings. The molecule has 26 heavy (non-hydrogen) atoms. The van der Waals surface area contributed by atoms with Gasteiger partial charge in [0.25, 0.3) is 0 Å². The van der Waals surface area contributed by atoms with Crippen molar-refractivity contribution in [2.75, 3.05) is 7.11 Å². The average molecular weight is 392 g/mol. The number of pyridine rings is 1. The van der Waals surface area contributed by atoms with Crippen LogP contribution in [0.3, 0.4) is 0 Å². The Morgan fingerprint density at radius 3 is 2.15 bits per heavy atom. The third-order valence-corrected chi connectivity index (χ3v) is 10.7. The van der Waals surface area contributed by atoms with Crippen molar-refractivity contribution in [1.29, 1.82) is 0 Å². The van der Waals surface area contributed by atoms with Gasteiger partial charge in [0.2, 0.25) is 5.88 Å². The van der Waals surface area contributed by atoms with Crippen LogP contribution in [0.2, 0.25) is 17.1 Å². The van der Waals surface area contributed by atoms with Crippen LogP contribution in [0.5, 0.6) is 5.88 Å². The van der Waals surface area contributed by atoms with Crippen LogP contribution >= 0.6 is 0 Å². The number of hydrogen-bond acceptors (Lipinski definition) is 4. The summed E-state index contributed by atoms with van der Waals surface area (Å²) in [7, 11) is -0.952. The van der Waals surface area contributed by atoms with E-state index in [2.05, 4.69) is 39.6 Å². The first kappa shape index (κ1) is 22.6. The number of hydrogen-bond donors (Lipinski definition) is 0. The minimum Gasteiger partial charge on any atom is -0.481 e. The average Bonchev–Trinajstić information content (AvgIpc) is 2.55. The van der Waals surface area contributed by atoms with E-state index >= 15 is 0 Å². The molecule has 0 saturated heterocycles. The molecular weight excluding hydrogens is 363 g/mol. The Morgan fingerprint density at radius 1 is 1.19 bits per heavy atom. The number of aldehydes is 1. The van der Waals surface area contributed by atoms with Crippen molar-refractivity contribution in [3.05, 3.63) is 22.9 Å². The molecule has 1 aromatic heterocycles. The lowest BCUT2D eigenvalue weighted by Crippen LogP contribution is -2.45. The lowest BCUT2D eigenvalue weighted by molar-refractivity contribution is -0.141. The lowest BCUT2D eigenvalue weighted by Gasteiger charge is -2.41. The second kappa shape index (κ2) is 8.52. The molecule has 8 heteroatoms.